The molecule has 168 valence electrons. The molecule has 0 aliphatic carbocycles. The maximum atomic E-state index is 13.8. The summed E-state index contributed by atoms with van der Waals surface area (Å²) in [6.07, 6.45) is 0.818. The quantitative estimate of drug-likeness (QED) is 0.765. The summed E-state index contributed by atoms with van der Waals surface area (Å²) >= 11 is 0. The summed E-state index contributed by atoms with van der Waals surface area (Å²) in [4.78, 5) is 26.7. The molecule has 0 radical (unpaired) electrons. The summed E-state index contributed by atoms with van der Waals surface area (Å²) < 4.78 is 24.9. The highest BCUT2D eigenvalue weighted by atomic mass is 19.1. The molecule has 0 aromatic heterocycles. The average Bonchev–Trinajstić information content (AvgIpc) is 2.64. The summed E-state index contributed by atoms with van der Waals surface area (Å²) in [7, 11) is 0. The lowest BCUT2D eigenvalue weighted by Gasteiger charge is -2.35. The van der Waals surface area contributed by atoms with Crippen LogP contribution in [0.5, 0.6) is 5.75 Å². The molecule has 1 N–H and O–H groups in total. The first-order chi connectivity index (χ1) is 13.9. The molecule has 1 unspecified atom stereocenters. The van der Waals surface area contributed by atoms with Crippen LogP contribution in [0, 0.1) is 17.2 Å². The number of likely N-dealkylation sites (tertiary alicyclic amines) is 1. The van der Waals surface area contributed by atoms with E-state index in [-0.39, 0.29) is 41.7 Å². The van der Waals surface area contributed by atoms with E-state index in [0.29, 0.717) is 25.9 Å². The van der Waals surface area contributed by atoms with Crippen LogP contribution >= 0.6 is 0 Å². The number of para-hydroxylation sites is 1. The van der Waals surface area contributed by atoms with Crippen molar-refractivity contribution in [1.82, 2.24) is 10.2 Å². The molecule has 1 fully saturated rings. The second-order valence-electron chi connectivity index (χ2n) is 9.91. The molecule has 0 spiro atoms. The number of nitrogens with zero attached hydrogens (tertiary/aromatic N) is 1. The third-order valence-electron chi connectivity index (χ3n) is 5.12. The predicted octanol–water partition coefficient (Wildman–Crippen LogP) is 4.38. The predicted molar refractivity (Wildman–Crippen MR) is 114 cm³/mol. The van der Waals surface area contributed by atoms with E-state index in [4.69, 9.17) is 9.47 Å². The molecule has 0 bridgehead atoms. The first-order valence-electron chi connectivity index (χ1n) is 10.5. The fraction of sp³-hybridized carbons (Fsp3) is 0.652. The Bertz CT molecular complexity index is 731. The molecule has 1 aliphatic heterocycles. The number of nitrogens with one attached hydrogen (secondary N) is 1. The molecule has 2 amide bonds. The number of piperidine rings is 1. The maximum Gasteiger partial charge on any atom is 0.410 e. The minimum absolute atomic E-state index is 0.0594. The van der Waals surface area contributed by atoms with Crippen molar-refractivity contribution in [2.75, 3.05) is 19.7 Å². The summed E-state index contributed by atoms with van der Waals surface area (Å²) in [6, 6.07) is 5.95. The number of hydrogen-bond acceptors (Lipinski definition) is 4. The van der Waals surface area contributed by atoms with Gasteiger partial charge in [-0.2, -0.15) is 0 Å². The van der Waals surface area contributed by atoms with Crippen molar-refractivity contribution in [2.45, 2.75) is 66.0 Å². The first kappa shape index (κ1) is 24.0. The largest absolute Gasteiger partial charge is 0.488 e. The van der Waals surface area contributed by atoms with Crippen LogP contribution in [0.4, 0.5) is 9.18 Å². The highest BCUT2D eigenvalue weighted by molar-refractivity contribution is 5.79. The Morgan fingerprint density at radius 2 is 1.73 bits per heavy atom. The zero-order valence-corrected chi connectivity index (χ0v) is 19.0. The summed E-state index contributed by atoms with van der Waals surface area (Å²) in [5.74, 6) is -0.490. The zero-order valence-electron chi connectivity index (χ0n) is 19.0. The minimum atomic E-state index is -0.538. The van der Waals surface area contributed by atoms with E-state index in [1.807, 2.05) is 41.5 Å². The van der Waals surface area contributed by atoms with E-state index in [1.165, 1.54) is 6.07 Å². The van der Waals surface area contributed by atoms with Gasteiger partial charge in [0, 0.05) is 19.0 Å². The molecule has 1 saturated heterocycles. The molecule has 1 aromatic rings. The van der Waals surface area contributed by atoms with E-state index >= 15 is 0 Å². The molecule has 0 saturated carbocycles. The number of carbonyl (C=O) groups is 2. The van der Waals surface area contributed by atoms with Crippen LogP contribution in [-0.4, -0.2) is 48.2 Å². The molecule has 1 aliphatic rings. The molecule has 7 heteroatoms. The number of benzene rings is 1. The van der Waals surface area contributed by atoms with Crippen LogP contribution in [0.2, 0.25) is 0 Å². The Kier molecular flexibility index (Phi) is 7.72. The monoisotopic (exact) mass is 422 g/mol. The lowest BCUT2D eigenvalue weighted by Crippen LogP contribution is -2.51. The number of amides is 2. The highest BCUT2D eigenvalue weighted by Gasteiger charge is 2.33. The van der Waals surface area contributed by atoms with Gasteiger partial charge in [0.25, 0.3) is 0 Å². The van der Waals surface area contributed by atoms with Gasteiger partial charge in [-0.3, -0.25) is 4.79 Å². The summed E-state index contributed by atoms with van der Waals surface area (Å²) in [5.41, 5.74) is -0.804. The van der Waals surface area contributed by atoms with Gasteiger partial charge in [-0.15, -0.1) is 0 Å². The van der Waals surface area contributed by atoms with Crippen LogP contribution in [0.15, 0.2) is 24.3 Å². The van der Waals surface area contributed by atoms with Crippen LogP contribution in [0.25, 0.3) is 0 Å². The van der Waals surface area contributed by atoms with Gasteiger partial charge in [-0.05, 0) is 51.2 Å². The van der Waals surface area contributed by atoms with Crippen LogP contribution in [-0.2, 0) is 9.53 Å². The van der Waals surface area contributed by atoms with Crippen molar-refractivity contribution in [3.8, 4) is 5.75 Å². The van der Waals surface area contributed by atoms with E-state index in [1.54, 1.807) is 23.1 Å². The normalized spacial score (nSPS) is 16.7. The first-order valence-corrected chi connectivity index (χ1v) is 10.5. The van der Waals surface area contributed by atoms with Crippen molar-refractivity contribution >= 4 is 12.0 Å². The van der Waals surface area contributed by atoms with Gasteiger partial charge < -0.3 is 19.7 Å². The molecular weight excluding hydrogens is 387 g/mol. The molecule has 6 nitrogen and oxygen atoms in total. The number of carbonyl (C=O) groups excluding carboxylic acids is 2. The highest BCUT2D eigenvalue weighted by Crippen LogP contribution is 2.25. The van der Waals surface area contributed by atoms with E-state index in [0.717, 1.165) is 0 Å². The third kappa shape index (κ3) is 7.18. The van der Waals surface area contributed by atoms with Gasteiger partial charge in [-0.1, -0.05) is 32.9 Å². The van der Waals surface area contributed by atoms with Crippen LogP contribution in [0.1, 0.15) is 54.4 Å². The van der Waals surface area contributed by atoms with Crippen molar-refractivity contribution in [1.29, 1.82) is 0 Å². The van der Waals surface area contributed by atoms with E-state index < -0.39 is 11.4 Å². The number of rotatable bonds is 5. The smallest absolute Gasteiger partial charge is 0.410 e. The third-order valence-corrected chi connectivity index (χ3v) is 5.12. The topological polar surface area (TPSA) is 67.9 Å². The molecule has 2 rings (SSSR count). The van der Waals surface area contributed by atoms with Crippen molar-refractivity contribution in [3.05, 3.63) is 30.1 Å². The second kappa shape index (κ2) is 9.67. The van der Waals surface area contributed by atoms with Gasteiger partial charge in [-0.25, -0.2) is 9.18 Å². The molecule has 30 heavy (non-hydrogen) atoms. The second-order valence-corrected chi connectivity index (χ2v) is 9.91. The Hall–Kier alpha value is -2.31. The Labute approximate surface area is 179 Å². The number of halogens is 1. The average molecular weight is 423 g/mol. The number of hydrogen-bond donors (Lipinski definition) is 1. The van der Waals surface area contributed by atoms with Gasteiger partial charge >= 0.3 is 6.09 Å². The van der Waals surface area contributed by atoms with Gasteiger partial charge in [0.15, 0.2) is 11.6 Å². The number of ether oxygens (including phenoxy) is 2. The molecule has 1 aromatic carbocycles. The van der Waals surface area contributed by atoms with Crippen molar-refractivity contribution < 1.29 is 23.5 Å². The maximum absolute atomic E-state index is 13.8. The minimum Gasteiger partial charge on any atom is -0.488 e. The standard InChI is InChI=1S/C23H35FN2O4/c1-22(2,3)19(15-29-18-10-8-7-9-17(18)24)25-20(27)16-11-13-26(14-12-16)21(28)30-23(4,5)6/h7-10,16,19H,11-15H2,1-6H3,(H,25,27). The lowest BCUT2D eigenvalue weighted by molar-refractivity contribution is -0.128. The molecule has 1 heterocycles. The van der Waals surface area contributed by atoms with Gasteiger partial charge in [0.2, 0.25) is 5.91 Å². The fourth-order valence-electron chi connectivity index (χ4n) is 3.18. The van der Waals surface area contributed by atoms with Crippen molar-refractivity contribution in [2.24, 2.45) is 11.3 Å². The Balaban J connectivity index is 1.90. The van der Waals surface area contributed by atoms with Crippen LogP contribution < -0.4 is 10.1 Å². The SMILES string of the molecule is CC(C)(C)OC(=O)N1CCC(C(=O)NC(COc2ccccc2F)C(C)(C)C)CC1. The van der Waals surface area contributed by atoms with Gasteiger partial charge in [0.1, 0.15) is 12.2 Å². The molecule has 1 atom stereocenters. The van der Waals surface area contributed by atoms with E-state index in [2.05, 4.69) is 5.32 Å². The summed E-state index contributed by atoms with van der Waals surface area (Å²) in [6.45, 7) is 12.7. The lowest BCUT2D eigenvalue weighted by atomic mass is 9.86. The molecular formula is C23H35FN2O4. The van der Waals surface area contributed by atoms with Crippen molar-refractivity contribution in [3.63, 3.8) is 0 Å². The Morgan fingerprint density at radius 3 is 2.27 bits per heavy atom. The van der Waals surface area contributed by atoms with E-state index in [9.17, 15) is 14.0 Å². The zero-order chi connectivity index (χ0) is 22.5. The fourth-order valence-corrected chi connectivity index (χ4v) is 3.18. The Morgan fingerprint density at radius 1 is 1.13 bits per heavy atom. The van der Waals surface area contributed by atoms with Gasteiger partial charge in [0.05, 0.1) is 6.04 Å². The van der Waals surface area contributed by atoms with Crippen LogP contribution in [0.3, 0.4) is 0 Å². The summed E-state index contributed by atoms with van der Waals surface area (Å²) in [5, 5.41) is 3.08.